The standard InChI is InChI=1S/C15H24N2S/c1-13-5-3-4-6-15(13)14(2)16-7-8-17-9-11-18-12-10-17/h3-6,14,16H,7-12H2,1-2H3. The molecule has 1 aliphatic rings. The van der Waals surface area contributed by atoms with Crippen LogP contribution in [0.4, 0.5) is 0 Å². The third-order valence-corrected chi connectivity index (χ3v) is 4.58. The molecule has 1 N–H and O–H groups in total. The summed E-state index contributed by atoms with van der Waals surface area (Å²) in [5, 5.41) is 3.64. The zero-order valence-corrected chi connectivity index (χ0v) is 12.3. The highest BCUT2D eigenvalue weighted by Crippen LogP contribution is 2.16. The first-order chi connectivity index (χ1) is 8.77. The van der Waals surface area contributed by atoms with Gasteiger partial charge in [-0.3, -0.25) is 0 Å². The van der Waals surface area contributed by atoms with Gasteiger partial charge in [-0.15, -0.1) is 0 Å². The summed E-state index contributed by atoms with van der Waals surface area (Å²) in [6.07, 6.45) is 0. The smallest absolute Gasteiger partial charge is 0.0294 e. The molecule has 0 aliphatic carbocycles. The van der Waals surface area contributed by atoms with Gasteiger partial charge in [-0.05, 0) is 25.0 Å². The monoisotopic (exact) mass is 264 g/mol. The highest BCUT2D eigenvalue weighted by atomic mass is 32.2. The lowest BCUT2D eigenvalue weighted by molar-refractivity contribution is 0.296. The number of benzene rings is 1. The van der Waals surface area contributed by atoms with E-state index >= 15 is 0 Å². The van der Waals surface area contributed by atoms with E-state index in [1.807, 2.05) is 0 Å². The van der Waals surface area contributed by atoms with Gasteiger partial charge in [0.2, 0.25) is 0 Å². The van der Waals surface area contributed by atoms with E-state index in [0.29, 0.717) is 6.04 Å². The minimum atomic E-state index is 0.449. The number of hydrogen-bond acceptors (Lipinski definition) is 3. The second-order valence-electron chi connectivity index (χ2n) is 4.99. The molecular weight excluding hydrogens is 240 g/mol. The maximum Gasteiger partial charge on any atom is 0.0294 e. The number of thioether (sulfide) groups is 1. The summed E-state index contributed by atoms with van der Waals surface area (Å²) < 4.78 is 0. The highest BCUT2D eigenvalue weighted by Gasteiger charge is 2.11. The number of nitrogens with one attached hydrogen (secondary N) is 1. The quantitative estimate of drug-likeness (QED) is 0.880. The molecule has 1 aliphatic heterocycles. The topological polar surface area (TPSA) is 15.3 Å². The molecule has 0 amide bonds. The Balaban J connectivity index is 1.74. The molecular formula is C15H24N2S. The van der Waals surface area contributed by atoms with Crippen molar-refractivity contribution in [3.8, 4) is 0 Å². The number of aryl methyl sites for hydroxylation is 1. The van der Waals surface area contributed by atoms with Gasteiger partial charge in [-0.1, -0.05) is 24.3 Å². The van der Waals surface area contributed by atoms with Crippen LogP contribution in [-0.2, 0) is 0 Å². The van der Waals surface area contributed by atoms with Gasteiger partial charge in [0.25, 0.3) is 0 Å². The SMILES string of the molecule is Cc1ccccc1C(C)NCCN1CCSCC1. The van der Waals surface area contributed by atoms with E-state index in [1.54, 1.807) is 0 Å². The van der Waals surface area contributed by atoms with Crippen molar-refractivity contribution in [2.75, 3.05) is 37.7 Å². The Morgan fingerprint density at radius 1 is 1.28 bits per heavy atom. The van der Waals surface area contributed by atoms with Gasteiger partial charge in [-0.2, -0.15) is 11.8 Å². The van der Waals surface area contributed by atoms with Crippen LogP contribution in [0.5, 0.6) is 0 Å². The van der Waals surface area contributed by atoms with Gasteiger partial charge in [0.15, 0.2) is 0 Å². The van der Waals surface area contributed by atoms with Crippen LogP contribution in [-0.4, -0.2) is 42.6 Å². The molecule has 100 valence electrons. The van der Waals surface area contributed by atoms with E-state index in [-0.39, 0.29) is 0 Å². The summed E-state index contributed by atoms with van der Waals surface area (Å²) in [6, 6.07) is 9.10. The third-order valence-electron chi connectivity index (χ3n) is 3.64. The second kappa shape index (κ2) is 7.17. The van der Waals surface area contributed by atoms with Crippen LogP contribution in [0.15, 0.2) is 24.3 Å². The molecule has 3 heteroatoms. The first kappa shape index (κ1) is 13.9. The number of nitrogens with zero attached hydrogens (tertiary/aromatic N) is 1. The van der Waals surface area contributed by atoms with Crippen molar-refractivity contribution in [1.82, 2.24) is 10.2 Å². The Bertz CT molecular complexity index is 361. The molecule has 0 spiro atoms. The third kappa shape index (κ3) is 4.01. The van der Waals surface area contributed by atoms with Crippen molar-refractivity contribution in [3.05, 3.63) is 35.4 Å². The van der Waals surface area contributed by atoms with E-state index in [9.17, 15) is 0 Å². The zero-order valence-electron chi connectivity index (χ0n) is 11.5. The molecule has 1 saturated heterocycles. The molecule has 0 bridgehead atoms. The molecule has 1 aromatic rings. The van der Waals surface area contributed by atoms with Gasteiger partial charge in [0.1, 0.15) is 0 Å². The summed E-state index contributed by atoms with van der Waals surface area (Å²) in [5.41, 5.74) is 2.80. The van der Waals surface area contributed by atoms with E-state index in [2.05, 4.69) is 60.1 Å². The fourth-order valence-electron chi connectivity index (χ4n) is 2.45. The fourth-order valence-corrected chi connectivity index (χ4v) is 3.43. The number of hydrogen-bond donors (Lipinski definition) is 1. The van der Waals surface area contributed by atoms with Gasteiger partial charge >= 0.3 is 0 Å². The Labute approximate surface area is 115 Å². The molecule has 2 nitrogen and oxygen atoms in total. The van der Waals surface area contributed by atoms with Crippen LogP contribution in [0.2, 0.25) is 0 Å². The highest BCUT2D eigenvalue weighted by molar-refractivity contribution is 7.99. The largest absolute Gasteiger partial charge is 0.309 e. The van der Waals surface area contributed by atoms with Gasteiger partial charge in [0.05, 0.1) is 0 Å². The molecule has 0 radical (unpaired) electrons. The van der Waals surface area contributed by atoms with E-state index in [4.69, 9.17) is 0 Å². The lowest BCUT2D eigenvalue weighted by atomic mass is 10.0. The lowest BCUT2D eigenvalue weighted by Crippen LogP contribution is -2.38. The van der Waals surface area contributed by atoms with Crippen LogP contribution in [0.25, 0.3) is 0 Å². The summed E-state index contributed by atoms with van der Waals surface area (Å²) in [6.45, 7) is 9.22. The molecule has 1 fully saturated rings. The van der Waals surface area contributed by atoms with Crippen molar-refractivity contribution in [3.63, 3.8) is 0 Å². The van der Waals surface area contributed by atoms with E-state index in [1.165, 1.54) is 42.3 Å². The summed E-state index contributed by atoms with van der Waals surface area (Å²) in [4.78, 5) is 2.56. The van der Waals surface area contributed by atoms with Crippen molar-refractivity contribution >= 4 is 11.8 Å². The Morgan fingerprint density at radius 2 is 2.00 bits per heavy atom. The van der Waals surface area contributed by atoms with Gasteiger partial charge in [0, 0.05) is 43.7 Å². The van der Waals surface area contributed by atoms with Crippen LogP contribution in [0.1, 0.15) is 24.1 Å². The van der Waals surface area contributed by atoms with Gasteiger partial charge in [-0.25, -0.2) is 0 Å². The Morgan fingerprint density at radius 3 is 2.72 bits per heavy atom. The Kier molecular flexibility index (Phi) is 5.54. The van der Waals surface area contributed by atoms with Crippen molar-refractivity contribution in [1.29, 1.82) is 0 Å². The molecule has 1 heterocycles. The van der Waals surface area contributed by atoms with Gasteiger partial charge < -0.3 is 10.2 Å². The average Bonchev–Trinajstić information content (AvgIpc) is 2.40. The van der Waals surface area contributed by atoms with Crippen LogP contribution in [0.3, 0.4) is 0 Å². The van der Waals surface area contributed by atoms with Crippen LogP contribution < -0.4 is 5.32 Å². The Hall–Kier alpha value is -0.510. The predicted molar refractivity (Wildman–Crippen MR) is 81.4 cm³/mol. The minimum Gasteiger partial charge on any atom is -0.309 e. The maximum absolute atomic E-state index is 3.64. The van der Waals surface area contributed by atoms with Crippen molar-refractivity contribution in [2.45, 2.75) is 19.9 Å². The molecule has 1 atom stereocenters. The molecule has 0 aromatic heterocycles. The average molecular weight is 264 g/mol. The minimum absolute atomic E-state index is 0.449. The molecule has 0 saturated carbocycles. The van der Waals surface area contributed by atoms with E-state index < -0.39 is 0 Å². The predicted octanol–water partition coefficient (Wildman–Crippen LogP) is 2.69. The van der Waals surface area contributed by atoms with Crippen molar-refractivity contribution < 1.29 is 0 Å². The zero-order chi connectivity index (χ0) is 12.8. The number of rotatable bonds is 5. The molecule has 1 aromatic carbocycles. The summed E-state index contributed by atoms with van der Waals surface area (Å²) in [7, 11) is 0. The van der Waals surface area contributed by atoms with Crippen LogP contribution >= 0.6 is 11.8 Å². The normalized spacial score (nSPS) is 18.8. The van der Waals surface area contributed by atoms with Crippen LogP contribution in [0, 0.1) is 6.92 Å². The molecule has 2 rings (SSSR count). The molecule has 1 unspecified atom stereocenters. The second-order valence-corrected chi connectivity index (χ2v) is 6.21. The van der Waals surface area contributed by atoms with E-state index in [0.717, 1.165) is 6.54 Å². The maximum atomic E-state index is 3.64. The fraction of sp³-hybridized carbons (Fsp3) is 0.600. The van der Waals surface area contributed by atoms with Crippen molar-refractivity contribution in [2.24, 2.45) is 0 Å². The first-order valence-electron chi connectivity index (χ1n) is 6.86. The molecule has 18 heavy (non-hydrogen) atoms. The lowest BCUT2D eigenvalue weighted by Gasteiger charge is -2.27. The first-order valence-corrected chi connectivity index (χ1v) is 8.02. The summed E-state index contributed by atoms with van der Waals surface area (Å²) >= 11 is 2.08. The summed E-state index contributed by atoms with van der Waals surface area (Å²) in [5.74, 6) is 2.60.